The first-order valence-corrected chi connectivity index (χ1v) is 11.6. The summed E-state index contributed by atoms with van der Waals surface area (Å²) in [6.45, 7) is 4.88. The molecule has 6 heteroatoms. The number of halogens is 1. The second-order valence-corrected chi connectivity index (χ2v) is 9.94. The van der Waals surface area contributed by atoms with Crippen LogP contribution >= 0.6 is 39.9 Å². The summed E-state index contributed by atoms with van der Waals surface area (Å²) in [7, 11) is 0. The highest BCUT2D eigenvalue weighted by Gasteiger charge is 2.34. The molecule has 1 aliphatic rings. The first-order valence-electron chi connectivity index (χ1n) is 9.62. The Balaban J connectivity index is 1.63. The molecular formula is C24H20BrNO2S2. The zero-order valence-corrected chi connectivity index (χ0v) is 19.8. The predicted molar refractivity (Wildman–Crippen MR) is 134 cm³/mol. The Morgan fingerprint density at radius 3 is 2.67 bits per heavy atom. The number of thiocarbonyl (C=S) groups is 1. The van der Waals surface area contributed by atoms with Crippen LogP contribution in [0.2, 0.25) is 0 Å². The predicted octanol–water partition coefficient (Wildman–Crippen LogP) is 7.04. The molecule has 152 valence electrons. The number of carbonyl (C=O) groups is 1. The molecule has 0 unspecified atom stereocenters. The number of carbonyl (C=O) groups excluding carboxylic acids is 1. The fourth-order valence-corrected chi connectivity index (χ4v) is 5.01. The van der Waals surface area contributed by atoms with Crippen LogP contribution in [0.25, 0.3) is 16.8 Å². The quantitative estimate of drug-likeness (QED) is 0.279. The van der Waals surface area contributed by atoms with Crippen molar-refractivity contribution in [2.24, 2.45) is 5.92 Å². The van der Waals surface area contributed by atoms with E-state index < -0.39 is 0 Å². The standard InChI is InChI=1S/C24H20BrNO2S2/c1-15(2)14-28-21-11-10-16(12-19(21)25)13-22-23(27)26(24(29)30-22)20-9-5-7-17-6-3-4-8-18(17)20/h3-13,15H,14H2,1-2H3/b22-13-. The number of thioether (sulfide) groups is 1. The molecule has 0 aromatic heterocycles. The Morgan fingerprint density at radius 2 is 1.90 bits per heavy atom. The van der Waals surface area contributed by atoms with E-state index in [4.69, 9.17) is 17.0 Å². The van der Waals surface area contributed by atoms with Gasteiger partial charge in [-0.15, -0.1) is 0 Å². The van der Waals surface area contributed by atoms with Gasteiger partial charge in [0.15, 0.2) is 4.32 Å². The van der Waals surface area contributed by atoms with Gasteiger partial charge in [-0.05, 0) is 57.1 Å². The molecule has 0 bridgehead atoms. The average molecular weight is 498 g/mol. The number of anilines is 1. The first-order chi connectivity index (χ1) is 14.4. The fourth-order valence-electron chi connectivity index (χ4n) is 3.21. The summed E-state index contributed by atoms with van der Waals surface area (Å²) in [4.78, 5) is 15.4. The van der Waals surface area contributed by atoms with Crippen molar-refractivity contribution < 1.29 is 9.53 Å². The maximum absolute atomic E-state index is 13.2. The highest BCUT2D eigenvalue weighted by atomic mass is 79.9. The lowest BCUT2D eigenvalue weighted by Gasteiger charge is -2.17. The van der Waals surface area contributed by atoms with E-state index in [9.17, 15) is 4.79 Å². The molecule has 3 nitrogen and oxygen atoms in total. The third-order valence-electron chi connectivity index (χ3n) is 4.63. The van der Waals surface area contributed by atoms with Gasteiger partial charge in [0, 0.05) is 5.39 Å². The number of hydrogen-bond acceptors (Lipinski definition) is 4. The van der Waals surface area contributed by atoms with Crippen LogP contribution in [0.1, 0.15) is 19.4 Å². The van der Waals surface area contributed by atoms with E-state index in [1.54, 1.807) is 4.90 Å². The maximum atomic E-state index is 13.2. The zero-order valence-electron chi connectivity index (χ0n) is 16.6. The molecule has 0 atom stereocenters. The number of amides is 1. The molecule has 1 aliphatic heterocycles. The van der Waals surface area contributed by atoms with Crippen LogP contribution in [0.15, 0.2) is 70.0 Å². The van der Waals surface area contributed by atoms with Crippen molar-refractivity contribution in [3.8, 4) is 5.75 Å². The second kappa shape index (κ2) is 8.92. The third-order valence-corrected chi connectivity index (χ3v) is 6.55. The molecule has 3 aromatic rings. The van der Waals surface area contributed by atoms with Gasteiger partial charge in [-0.2, -0.15) is 0 Å². The van der Waals surface area contributed by atoms with Gasteiger partial charge in [0.25, 0.3) is 5.91 Å². The second-order valence-electron chi connectivity index (χ2n) is 7.41. The summed E-state index contributed by atoms with van der Waals surface area (Å²) < 4.78 is 7.21. The van der Waals surface area contributed by atoms with E-state index in [1.165, 1.54) is 11.8 Å². The molecule has 0 saturated carbocycles. The third kappa shape index (κ3) is 4.31. The van der Waals surface area contributed by atoms with Crippen LogP contribution in [-0.2, 0) is 4.79 Å². The average Bonchev–Trinajstić information content (AvgIpc) is 2.99. The van der Waals surface area contributed by atoms with Crippen molar-refractivity contribution in [1.82, 2.24) is 0 Å². The summed E-state index contributed by atoms with van der Waals surface area (Å²) in [6.07, 6.45) is 1.88. The van der Waals surface area contributed by atoms with Crippen LogP contribution in [0.4, 0.5) is 5.69 Å². The van der Waals surface area contributed by atoms with E-state index in [0.29, 0.717) is 21.8 Å². The molecule has 0 spiro atoms. The number of nitrogens with zero attached hydrogens (tertiary/aromatic N) is 1. The first kappa shape index (κ1) is 21.1. The van der Waals surface area contributed by atoms with Crippen molar-refractivity contribution >= 4 is 72.7 Å². The lowest BCUT2D eigenvalue weighted by Crippen LogP contribution is -2.27. The molecule has 1 fully saturated rings. The number of rotatable bonds is 5. The minimum Gasteiger partial charge on any atom is -0.492 e. The summed E-state index contributed by atoms with van der Waals surface area (Å²) >= 11 is 10.5. The van der Waals surface area contributed by atoms with E-state index in [-0.39, 0.29) is 5.91 Å². The van der Waals surface area contributed by atoms with Crippen molar-refractivity contribution in [2.45, 2.75) is 13.8 Å². The largest absolute Gasteiger partial charge is 0.492 e. The topological polar surface area (TPSA) is 29.5 Å². The van der Waals surface area contributed by atoms with E-state index in [1.807, 2.05) is 66.7 Å². The molecule has 3 aromatic carbocycles. The van der Waals surface area contributed by atoms with Gasteiger partial charge in [-0.1, -0.05) is 80.3 Å². The molecule has 0 N–H and O–H groups in total. The van der Waals surface area contributed by atoms with Crippen LogP contribution in [0.5, 0.6) is 5.75 Å². The van der Waals surface area contributed by atoms with Crippen LogP contribution in [-0.4, -0.2) is 16.8 Å². The molecule has 1 heterocycles. The SMILES string of the molecule is CC(C)COc1ccc(/C=C2\SC(=S)N(c3cccc4ccccc34)C2=O)cc1Br. The van der Waals surface area contributed by atoms with Crippen molar-refractivity contribution in [3.05, 3.63) is 75.6 Å². The Labute approximate surface area is 194 Å². The molecule has 30 heavy (non-hydrogen) atoms. The van der Waals surface area contributed by atoms with Crippen LogP contribution < -0.4 is 9.64 Å². The van der Waals surface area contributed by atoms with Gasteiger partial charge in [0.05, 0.1) is 21.7 Å². The number of hydrogen-bond donors (Lipinski definition) is 0. The zero-order chi connectivity index (χ0) is 21.3. The summed E-state index contributed by atoms with van der Waals surface area (Å²) in [6, 6.07) is 19.8. The van der Waals surface area contributed by atoms with E-state index in [2.05, 4.69) is 29.8 Å². The normalized spacial score (nSPS) is 15.6. The van der Waals surface area contributed by atoms with E-state index in [0.717, 1.165) is 32.2 Å². The van der Waals surface area contributed by atoms with Gasteiger partial charge in [0.1, 0.15) is 5.75 Å². The van der Waals surface area contributed by atoms with Crippen LogP contribution in [0, 0.1) is 5.92 Å². The minimum absolute atomic E-state index is 0.0994. The van der Waals surface area contributed by atoms with Gasteiger partial charge >= 0.3 is 0 Å². The number of ether oxygens (including phenoxy) is 1. The monoisotopic (exact) mass is 497 g/mol. The van der Waals surface area contributed by atoms with Gasteiger partial charge in [0.2, 0.25) is 0 Å². The molecule has 0 radical (unpaired) electrons. The Kier molecular flexibility index (Phi) is 6.27. The van der Waals surface area contributed by atoms with Gasteiger partial charge < -0.3 is 4.74 Å². The highest BCUT2D eigenvalue weighted by Crippen LogP contribution is 2.39. The maximum Gasteiger partial charge on any atom is 0.270 e. The molecule has 1 saturated heterocycles. The summed E-state index contributed by atoms with van der Waals surface area (Å²) in [5.41, 5.74) is 1.73. The van der Waals surface area contributed by atoms with Gasteiger partial charge in [-0.25, -0.2) is 0 Å². The lowest BCUT2D eigenvalue weighted by molar-refractivity contribution is -0.113. The molecular weight excluding hydrogens is 478 g/mol. The molecule has 1 amide bonds. The minimum atomic E-state index is -0.0994. The lowest BCUT2D eigenvalue weighted by atomic mass is 10.1. The summed E-state index contributed by atoms with van der Waals surface area (Å²) in [5.74, 6) is 1.15. The highest BCUT2D eigenvalue weighted by molar-refractivity contribution is 9.10. The summed E-state index contributed by atoms with van der Waals surface area (Å²) in [5, 5.41) is 2.08. The van der Waals surface area contributed by atoms with Gasteiger partial charge in [-0.3, -0.25) is 9.69 Å². The molecule has 0 aliphatic carbocycles. The Bertz CT molecular complexity index is 1170. The fraction of sp³-hybridized carbons (Fsp3) is 0.167. The Hall–Kier alpha value is -2.15. The van der Waals surface area contributed by atoms with Crippen LogP contribution in [0.3, 0.4) is 0 Å². The molecule has 4 rings (SSSR count). The number of fused-ring (bicyclic) bond motifs is 1. The van der Waals surface area contributed by atoms with E-state index >= 15 is 0 Å². The number of benzene rings is 3. The van der Waals surface area contributed by atoms with Crippen molar-refractivity contribution in [1.29, 1.82) is 0 Å². The van der Waals surface area contributed by atoms with Crippen molar-refractivity contribution in [3.63, 3.8) is 0 Å². The smallest absolute Gasteiger partial charge is 0.270 e. The van der Waals surface area contributed by atoms with Crippen molar-refractivity contribution in [2.75, 3.05) is 11.5 Å². The Morgan fingerprint density at radius 1 is 1.13 bits per heavy atom.